The van der Waals surface area contributed by atoms with Crippen molar-refractivity contribution < 1.29 is 9.53 Å². The molecule has 0 fully saturated rings. The molecule has 2 rings (SSSR count). The maximum Gasteiger partial charge on any atom is 0.240 e. The summed E-state index contributed by atoms with van der Waals surface area (Å²) in [5.41, 5.74) is 4.35. The zero-order valence-corrected chi connectivity index (χ0v) is 13.0. The fraction of sp³-hybridized carbons (Fsp3) is 0.235. The summed E-state index contributed by atoms with van der Waals surface area (Å²) in [5, 5.41) is 7.15. The van der Waals surface area contributed by atoms with Crippen LogP contribution in [0.25, 0.3) is 0 Å². The highest BCUT2D eigenvalue weighted by Crippen LogP contribution is 2.14. The van der Waals surface area contributed by atoms with E-state index in [9.17, 15) is 4.79 Å². The molecule has 0 saturated heterocycles. The molecule has 0 bridgehead atoms. The number of nitrogens with zero attached hydrogens (tertiary/aromatic N) is 2. The van der Waals surface area contributed by atoms with Crippen LogP contribution in [0, 0.1) is 0 Å². The van der Waals surface area contributed by atoms with Crippen LogP contribution in [-0.2, 0) is 4.79 Å². The van der Waals surface area contributed by atoms with Crippen LogP contribution in [0.1, 0.15) is 18.4 Å². The van der Waals surface area contributed by atoms with E-state index in [2.05, 4.69) is 20.8 Å². The van der Waals surface area contributed by atoms with Crippen LogP contribution in [0.15, 0.2) is 53.9 Å². The summed E-state index contributed by atoms with van der Waals surface area (Å²) in [7, 11) is 1.64. The third-order valence-corrected chi connectivity index (χ3v) is 3.09. The van der Waals surface area contributed by atoms with Gasteiger partial charge in [-0.15, -0.1) is 0 Å². The van der Waals surface area contributed by atoms with E-state index < -0.39 is 0 Å². The van der Waals surface area contributed by atoms with Crippen molar-refractivity contribution in [3.05, 3.63) is 54.4 Å². The lowest BCUT2D eigenvalue weighted by Crippen LogP contribution is -2.18. The van der Waals surface area contributed by atoms with Gasteiger partial charge in [0.1, 0.15) is 5.75 Å². The zero-order valence-electron chi connectivity index (χ0n) is 13.0. The normalized spacial score (nSPS) is 10.5. The molecule has 2 N–H and O–H groups in total. The third-order valence-electron chi connectivity index (χ3n) is 3.09. The predicted octanol–water partition coefficient (Wildman–Crippen LogP) is 2.43. The zero-order chi connectivity index (χ0) is 16.3. The van der Waals surface area contributed by atoms with Crippen LogP contribution in [0.5, 0.6) is 5.75 Å². The number of carbonyl (C=O) groups excluding carboxylic acids is 1. The average molecular weight is 312 g/mol. The van der Waals surface area contributed by atoms with Gasteiger partial charge in [-0.3, -0.25) is 9.78 Å². The molecular weight excluding hydrogens is 292 g/mol. The Labute approximate surface area is 135 Å². The molecule has 1 amide bonds. The molecule has 0 aliphatic carbocycles. The van der Waals surface area contributed by atoms with Gasteiger partial charge in [0.15, 0.2) is 0 Å². The second-order valence-corrected chi connectivity index (χ2v) is 4.84. The smallest absolute Gasteiger partial charge is 0.240 e. The third kappa shape index (κ3) is 6.17. The van der Waals surface area contributed by atoms with E-state index in [-0.39, 0.29) is 5.91 Å². The van der Waals surface area contributed by atoms with Gasteiger partial charge >= 0.3 is 0 Å². The van der Waals surface area contributed by atoms with Crippen molar-refractivity contribution in [2.45, 2.75) is 12.8 Å². The minimum Gasteiger partial charge on any atom is -0.497 e. The number of carbonyl (C=O) groups is 1. The molecular formula is C17H20N4O2. The van der Waals surface area contributed by atoms with Crippen LogP contribution in [0.2, 0.25) is 0 Å². The Morgan fingerprint density at radius 2 is 2.13 bits per heavy atom. The van der Waals surface area contributed by atoms with Crippen LogP contribution in [-0.4, -0.2) is 30.8 Å². The van der Waals surface area contributed by atoms with Crippen molar-refractivity contribution in [1.82, 2.24) is 10.4 Å². The van der Waals surface area contributed by atoms with Gasteiger partial charge in [0, 0.05) is 36.6 Å². The second-order valence-electron chi connectivity index (χ2n) is 4.84. The fourth-order valence-corrected chi connectivity index (χ4v) is 1.88. The Bertz CT molecular complexity index is 627. The predicted molar refractivity (Wildman–Crippen MR) is 90.7 cm³/mol. The molecule has 6 heteroatoms. The van der Waals surface area contributed by atoms with Crippen LogP contribution in [0.4, 0.5) is 5.69 Å². The first-order valence-corrected chi connectivity index (χ1v) is 7.38. The molecule has 120 valence electrons. The first kappa shape index (κ1) is 16.5. The van der Waals surface area contributed by atoms with Gasteiger partial charge in [-0.1, -0.05) is 6.07 Å². The molecule has 0 radical (unpaired) electrons. The Morgan fingerprint density at radius 1 is 1.30 bits per heavy atom. The molecule has 0 saturated carbocycles. The molecule has 0 unspecified atom stereocenters. The number of methoxy groups -OCH3 is 1. The number of aromatic nitrogens is 1. The number of ether oxygens (including phenoxy) is 1. The number of nitrogens with one attached hydrogen (secondary N) is 2. The van der Waals surface area contributed by atoms with Crippen molar-refractivity contribution in [3.8, 4) is 5.75 Å². The summed E-state index contributed by atoms with van der Waals surface area (Å²) < 4.78 is 5.10. The number of hydrazone groups is 1. The largest absolute Gasteiger partial charge is 0.497 e. The molecule has 1 aromatic heterocycles. The van der Waals surface area contributed by atoms with Gasteiger partial charge in [-0.25, -0.2) is 5.43 Å². The Balaban J connectivity index is 1.62. The summed E-state index contributed by atoms with van der Waals surface area (Å²) >= 11 is 0. The van der Waals surface area contributed by atoms with Crippen molar-refractivity contribution in [2.24, 2.45) is 5.10 Å². The minimum atomic E-state index is -0.110. The van der Waals surface area contributed by atoms with Gasteiger partial charge in [0.2, 0.25) is 5.91 Å². The number of benzene rings is 1. The van der Waals surface area contributed by atoms with Crippen molar-refractivity contribution in [2.75, 3.05) is 19.0 Å². The fourth-order valence-electron chi connectivity index (χ4n) is 1.88. The molecule has 0 aliphatic rings. The number of rotatable bonds is 8. The first-order chi connectivity index (χ1) is 11.3. The molecule has 0 spiro atoms. The SMILES string of the molecule is COc1ccc(NCCCC(=O)N/N=C\c2cccnc2)cc1. The second kappa shape index (κ2) is 9.19. The molecule has 1 aromatic carbocycles. The Morgan fingerprint density at radius 3 is 2.83 bits per heavy atom. The minimum absolute atomic E-state index is 0.110. The van der Waals surface area contributed by atoms with E-state index in [0.717, 1.165) is 23.4 Å². The molecule has 6 nitrogen and oxygen atoms in total. The van der Waals surface area contributed by atoms with E-state index in [1.165, 1.54) is 0 Å². The van der Waals surface area contributed by atoms with Gasteiger partial charge in [-0.05, 0) is 36.8 Å². The summed E-state index contributed by atoms with van der Waals surface area (Å²) in [6, 6.07) is 11.3. The van der Waals surface area contributed by atoms with E-state index in [1.807, 2.05) is 36.4 Å². The summed E-state index contributed by atoms with van der Waals surface area (Å²) in [4.78, 5) is 15.6. The van der Waals surface area contributed by atoms with Crippen LogP contribution >= 0.6 is 0 Å². The highest BCUT2D eigenvalue weighted by atomic mass is 16.5. The number of pyridine rings is 1. The van der Waals surface area contributed by atoms with Gasteiger partial charge in [-0.2, -0.15) is 5.10 Å². The molecule has 2 aromatic rings. The summed E-state index contributed by atoms with van der Waals surface area (Å²) in [6.45, 7) is 0.714. The van der Waals surface area contributed by atoms with Gasteiger partial charge in [0.05, 0.1) is 13.3 Å². The van der Waals surface area contributed by atoms with Gasteiger partial charge in [0.25, 0.3) is 0 Å². The Kier molecular flexibility index (Phi) is 6.59. The lowest BCUT2D eigenvalue weighted by Gasteiger charge is -2.06. The highest BCUT2D eigenvalue weighted by molar-refractivity contribution is 5.81. The van der Waals surface area contributed by atoms with E-state index >= 15 is 0 Å². The lowest BCUT2D eigenvalue weighted by molar-refractivity contribution is -0.121. The molecule has 0 aliphatic heterocycles. The monoisotopic (exact) mass is 312 g/mol. The maximum absolute atomic E-state index is 11.6. The van der Waals surface area contributed by atoms with Crippen molar-refractivity contribution in [3.63, 3.8) is 0 Å². The molecule has 1 heterocycles. The number of hydrogen-bond donors (Lipinski definition) is 2. The summed E-state index contributed by atoms with van der Waals surface area (Å²) in [6.07, 6.45) is 6.06. The number of hydrogen-bond acceptors (Lipinski definition) is 5. The first-order valence-electron chi connectivity index (χ1n) is 7.38. The number of amides is 1. The number of anilines is 1. The topological polar surface area (TPSA) is 75.6 Å². The maximum atomic E-state index is 11.6. The van der Waals surface area contributed by atoms with Gasteiger partial charge < -0.3 is 10.1 Å². The average Bonchev–Trinajstić information content (AvgIpc) is 2.60. The van der Waals surface area contributed by atoms with E-state index in [4.69, 9.17) is 4.74 Å². The highest BCUT2D eigenvalue weighted by Gasteiger charge is 1.99. The van der Waals surface area contributed by atoms with E-state index in [1.54, 1.807) is 25.7 Å². The molecule has 23 heavy (non-hydrogen) atoms. The van der Waals surface area contributed by atoms with E-state index in [0.29, 0.717) is 13.0 Å². The molecule has 0 atom stereocenters. The lowest BCUT2D eigenvalue weighted by atomic mass is 10.2. The Hall–Kier alpha value is -2.89. The summed E-state index contributed by atoms with van der Waals surface area (Å²) in [5.74, 6) is 0.711. The quantitative estimate of drug-likeness (QED) is 0.446. The standard InChI is InChI=1S/C17H20N4O2/c1-23-16-8-6-15(7-9-16)19-11-3-5-17(22)21-20-13-14-4-2-10-18-12-14/h2,4,6-10,12-13,19H,3,5,11H2,1H3,(H,21,22)/b20-13-. The van der Waals surface area contributed by atoms with Crippen LogP contribution < -0.4 is 15.5 Å². The van der Waals surface area contributed by atoms with Crippen molar-refractivity contribution in [1.29, 1.82) is 0 Å². The van der Waals surface area contributed by atoms with Crippen LogP contribution in [0.3, 0.4) is 0 Å². The van der Waals surface area contributed by atoms with Crippen molar-refractivity contribution >= 4 is 17.8 Å².